The summed E-state index contributed by atoms with van der Waals surface area (Å²) in [5.41, 5.74) is 3.91. The molecule has 1 fully saturated rings. The minimum absolute atomic E-state index is 0.0309. The normalized spacial score (nSPS) is 15.4. The molecule has 1 aliphatic heterocycles. The number of nitrogens with zero attached hydrogens (tertiary/aromatic N) is 5. The number of likely N-dealkylation sites (tertiary alicyclic amines) is 1. The third kappa shape index (κ3) is 5.08. The molecule has 2 aliphatic rings. The van der Waals surface area contributed by atoms with Crippen molar-refractivity contribution in [1.82, 2.24) is 24.6 Å². The van der Waals surface area contributed by atoms with E-state index in [1.165, 1.54) is 23.3 Å². The molecule has 1 N–H and O–H groups in total. The number of hydrogen-bond acceptors (Lipinski definition) is 9. The highest BCUT2D eigenvalue weighted by Crippen LogP contribution is 2.32. The summed E-state index contributed by atoms with van der Waals surface area (Å²) in [6.45, 7) is 4.43. The molecular formula is C28H28N6O6S. The number of rotatable bonds is 7. The van der Waals surface area contributed by atoms with Crippen LogP contribution in [0, 0.1) is 13.8 Å². The Hall–Kier alpha value is -4.52. The van der Waals surface area contributed by atoms with Crippen molar-refractivity contribution in [1.29, 1.82) is 0 Å². The van der Waals surface area contributed by atoms with E-state index in [1.807, 2.05) is 32.0 Å². The van der Waals surface area contributed by atoms with Crippen LogP contribution in [0.4, 0.5) is 5.95 Å². The number of ether oxygens (including phenoxy) is 1. The third-order valence-electron chi connectivity index (χ3n) is 7.26. The Morgan fingerprint density at radius 1 is 1.12 bits per heavy atom. The summed E-state index contributed by atoms with van der Waals surface area (Å²) in [5, 5.41) is 3.93. The average Bonchev–Trinajstić information content (AvgIpc) is 3.53. The molecule has 0 bridgehead atoms. The molecule has 1 amide bonds. The zero-order valence-corrected chi connectivity index (χ0v) is 23.6. The minimum atomic E-state index is -4.01. The van der Waals surface area contributed by atoms with Gasteiger partial charge in [-0.25, -0.2) is 18.1 Å². The lowest BCUT2D eigenvalue weighted by Gasteiger charge is -2.38. The van der Waals surface area contributed by atoms with Gasteiger partial charge < -0.3 is 14.1 Å². The molecule has 0 atom stereocenters. The number of Topliss-reactive ketones (excluding diaryl/α,β-unsaturated/α-hetero) is 1. The zero-order chi connectivity index (χ0) is 28.9. The van der Waals surface area contributed by atoms with Crippen molar-refractivity contribution in [3.05, 3.63) is 70.9 Å². The molecule has 0 radical (unpaired) electrons. The zero-order valence-electron chi connectivity index (χ0n) is 22.7. The Kier molecular flexibility index (Phi) is 6.60. The standard InChI is InChI=1S/C28H28N6O6S/c1-16-6-4-7-17(2)25(16)21-10-24(31-28(30-21)32-41(37,38)19-11-29-33(3)14-19)40-18-12-34(13-18)27(36)20-15-39-23-9-5-8-22(35)26(20)23/h4,6-7,10-11,14-15,18H,5,8-9,12-13H2,1-3H3,(H,30,31,32). The molecular weight excluding hydrogens is 548 g/mol. The predicted octanol–water partition coefficient (Wildman–Crippen LogP) is 3.31. The van der Waals surface area contributed by atoms with Gasteiger partial charge in [-0.2, -0.15) is 10.1 Å². The highest BCUT2D eigenvalue weighted by atomic mass is 32.2. The van der Waals surface area contributed by atoms with Gasteiger partial charge in [0.1, 0.15) is 23.0 Å². The lowest BCUT2D eigenvalue weighted by atomic mass is 9.93. The van der Waals surface area contributed by atoms with Crippen molar-refractivity contribution in [2.24, 2.45) is 7.05 Å². The Morgan fingerprint density at radius 2 is 1.88 bits per heavy atom. The molecule has 13 heteroatoms. The van der Waals surface area contributed by atoms with Crippen molar-refractivity contribution in [3.63, 3.8) is 0 Å². The molecule has 41 heavy (non-hydrogen) atoms. The van der Waals surface area contributed by atoms with Gasteiger partial charge in [-0.05, 0) is 31.4 Å². The number of aromatic nitrogens is 4. The SMILES string of the molecule is Cc1cccc(C)c1-c1cc(OC2CN(C(=O)c3coc4c3C(=O)CCC4)C2)nc(NS(=O)(=O)c2cnn(C)c2)n1. The van der Waals surface area contributed by atoms with Gasteiger partial charge >= 0.3 is 0 Å². The molecule has 0 saturated carbocycles. The van der Waals surface area contributed by atoms with Crippen molar-refractivity contribution in [2.75, 3.05) is 17.8 Å². The number of carbonyl (C=O) groups excluding carboxylic acids is 2. The first kappa shape index (κ1) is 26.7. The number of fused-ring (bicyclic) bond motifs is 1. The summed E-state index contributed by atoms with van der Waals surface area (Å²) in [7, 11) is -2.39. The lowest BCUT2D eigenvalue weighted by Crippen LogP contribution is -2.56. The van der Waals surface area contributed by atoms with Gasteiger partial charge in [-0.3, -0.25) is 14.3 Å². The number of sulfonamides is 1. The van der Waals surface area contributed by atoms with E-state index in [0.717, 1.165) is 23.1 Å². The summed E-state index contributed by atoms with van der Waals surface area (Å²) in [6, 6.07) is 7.48. The summed E-state index contributed by atoms with van der Waals surface area (Å²) in [4.78, 5) is 35.9. The molecule has 212 valence electrons. The number of nitrogens with one attached hydrogen (secondary N) is 1. The molecule has 6 rings (SSSR count). The maximum atomic E-state index is 13.1. The number of ketones is 1. The highest BCUT2D eigenvalue weighted by molar-refractivity contribution is 7.92. The van der Waals surface area contributed by atoms with Crippen LogP contribution >= 0.6 is 0 Å². The van der Waals surface area contributed by atoms with Crippen LogP contribution in [-0.2, 0) is 23.5 Å². The largest absolute Gasteiger partial charge is 0.470 e. The van der Waals surface area contributed by atoms with Crippen LogP contribution in [0.15, 0.2) is 52.2 Å². The van der Waals surface area contributed by atoms with E-state index in [1.54, 1.807) is 18.0 Å². The summed E-state index contributed by atoms with van der Waals surface area (Å²) in [5.74, 6) is 0.223. The number of amides is 1. The first-order valence-electron chi connectivity index (χ1n) is 13.2. The topological polar surface area (TPSA) is 150 Å². The predicted molar refractivity (Wildman–Crippen MR) is 147 cm³/mol. The molecule has 0 spiro atoms. The van der Waals surface area contributed by atoms with Crippen LogP contribution in [0.25, 0.3) is 11.3 Å². The maximum absolute atomic E-state index is 13.1. The fourth-order valence-electron chi connectivity index (χ4n) is 5.19. The number of hydrogen-bond donors (Lipinski definition) is 1. The first-order chi connectivity index (χ1) is 19.6. The fraction of sp³-hybridized carbons (Fsp3) is 0.321. The molecule has 1 saturated heterocycles. The number of carbonyl (C=O) groups is 2. The van der Waals surface area contributed by atoms with Gasteiger partial charge in [0.15, 0.2) is 5.78 Å². The van der Waals surface area contributed by atoms with Crippen molar-refractivity contribution < 1.29 is 27.2 Å². The van der Waals surface area contributed by atoms with E-state index in [0.29, 0.717) is 29.9 Å². The monoisotopic (exact) mass is 576 g/mol. The number of furan rings is 1. The summed E-state index contributed by atoms with van der Waals surface area (Å²) < 4.78 is 41.4. The van der Waals surface area contributed by atoms with E-state index in [2.05, 4.69) is 19.8 Å². The van der Waals surface area contributed by atoms with E-state index >= 15 is 0 Å². The van der Waals surface area contributed by atoms with Crippen LogP contribution in [0.5, 0.6) is 5.88 Å². The van der Waals surface area contributed by atoms with Crippen LogP contribution < -0.4 is 9.46 Å². The van der Waals surface area contributed by atoms with Gasteiger partial charge in [0.05, 0.1) is 36.1 Å². The van der Waals surface area contributed by atoms with Gasteiger partial charge in [0, 0.05) is 37.7 Å². The Labute approximate surface area is 236 Å². The number of benzene rings is 1. The van der Waals surface area contributed by atoms with Crippen LogP contribution in [0.3, 0.4) is 0 Å². The van der Waals surface area contributed by atoms with Gasteiger partial charge in [0.2, 0.25) is 11.8 Å². The Morgan fingerprint density at radius 3 is 2.59 bits per heavy atom. The second kappa shape index (κ2) is 10.1. The molecule has 4 aromatic rings. The molecule has 3 aromatic heterocycles. The van der Waals surface area contributed by atoms with Crippen LogP contribution in [0.1, 0.15) is 50.4 Å². The smallest absolute Gasteiger partial charge is 0.267 e. The number of anilines is 1. The summed E-state index contributed by atoms with van der Waals surface area (Å²) in [6.07, 6.45) is 5.35. The van der Waals surface area contributed by atoms with Gasteiger partial charge in [-0.15, -0.1) is 0 Å². The molecule has 12 nitrogen and oxygen atoms in total. The second-order valence-electron chi connectivity index (χ2n) is 10.3. The molecule has 0 unspecified atom stereocenters. The van der Waals surface area contributed by atoms with E-state index in [4.69, 9.17) is 9.15 Å². The average molecular weight is 577 g/mol. The molecule has 4 heterocycles. The van der Waals surface area contributed by atoms with Crippen molar-refractivity contribution in [2.45, 2.75) is 44.1 Å². The fourth-order valence-corrected chi connectivity index (χ4v) is 6.12. The molecule has 1 aromatic carbocycles. The van der Waals surface area contributed by atoms with Crippen molar-refractivity contribution >= 4 is 27.7 Å². The van der Waals surface area contributed by atoms with Crippen molar-refractivity contribution in [3.8, 4) is 17.1 Å². The van der Waals surface area contributed by atoms with E-state index in [9.17, 15) is 18.0 Å². The Bertz CT molecular complexity index is 1770. The van der Waals surface area contributed by atoms with Gasteiger partial charge in [-0.1, -0.05) is 18.2 Å². The van der Waals surface area contributed by atoms with Gasteiger partial charge in [0.25, 0.3) is 15.9 Å². The van der Waals surface area contributed by atoms with Crippen LogP contribution in [-0.4, -0.2) is 64.0 Å². The third-order valence-corrected chi connectivity index (χ3v) is 8.55. The highest BCUT2D eigenvalue weighted by Gasteiger charge is 2.37. The number of aryl methyl sites for hydroxylation is 4. The second-order valence-corrected chi connectivity index (χ2v) is 12.0. The van der Waals surface area contributed by atoms with Crippen LogP contribution in [0.2, 0.25) is 0 Å². The lowest BCUT2D eigenvalue weighted by molar-refractivity contribution is 0.0159. The Balaban J connectivity index is 1.24. The maximum Gasteiger partial charge on any atom is 0.267 e. The van der Waals surface area contributed by atoms with E-state index in [-0.39, 0.29) is 53.2 Å². The summed E-state index contributed by atoms with van der Waals surface area (Å²) >= 11 is 0. The van der Waals surface area contributed by atoms with E-state index < -0.39 is 10.0 Å². The minimum Gasteiger partial charge on any atom is -0.470 e. The first-order valence-corrected chi connectivity index (χ1v) is 14.6. The quantitative estimate of drug-likeness (QED) is 0.350. The molecule has 1 aliphatic carbocycles.